The molecule has 0 N–H and O–H groups in total. The van der Waals surface area contributed by atoms with Gasteiger partial charge in [0.1, 0.15) is 5.04 Å². The Bertz CT molecular complexity index is 764. The predicted octanol–water partition coefficient (Wildman–Crippen LogP) is 2.66. The third-order valence-electron chi connectivity index (χ3n) is 4.14. The summed E-state index contributed by atoms with van der Waals surface area (Å²) >= 11 is 7.52. The van der Waals surface area contributed by atoms with Crippen molar-refractivity contribution in [2.45, 2.75) is 18.5 Å². The van der Waals surface area contributed by atoms with Gasteiger partial charge in [0.15, 0.2) is 5.66 Å². The molecule has 1 aromatic rings. The van der Waals surface area contributed by atoms with E-state index in [1.807, 2.05) is 30.5 Å². The monoisotopic (exact) mass is 371 g/mol. The third kappa shape index (κ3) is 3.47. The van der Waals surface area contributed by atoms with Gasteiger partial charge in [-0.2, -0.15) is 0 Å². The van der Waals surface area contributed by atoms with Crippen LogP contribution >= 0.6 is 23.4 Å². The molecule has 0 atom stereocenters. The second kappa shape index (κ2) is 6.20. The molecule has 124 valence electrons. The van der Waals surface area contributed by atoms with Gasteiger partial charge in [-0.25, -0.2) is 17.7 Å². The van der Waals surface area contributed by atoms with E-state index < -0.39 is 15.7 Å². The third-order valence-corrected chi connectivity index (χ3v) is 6.36. The molecule has 5 nitrogen and oxygen atoms in total. The van der Waals surface area contributed by atoms with Crippen LogP contribution in [-0.4, -0.2) is 54.7 Å². The van der Waals surface area contributed by atoms with Crippen molar-refractivity contribution in [2.24, 2.45) is 9.98 Å². The first-order valence-electron chi connectivity index (χ1n) is 7.28. The minimum Gasteiger partial charge on any atom is -0.252 e. The molecule has 2 aliphatic heterocycles. The summed E-state index contributed by atoms with van der Waals surface area (Å²) in [6, 6.07) is 7.57. The lowest BCUT2D eigenvalue weighted by atomic mass is 10.00. The van der Waals surface area contributed by atoms with Crippen LogP contribution in [0.15, 0.2) is 34.3 Å². The number of aliphatic imine (C=N–C) groups is 2. The molecule has 0 aliphatic carbocycles. The minimum absolute atomic E-state index is 0.460. The fraction of sp³-hybridized carbons (Fsp3) is 0.467. The Morgan fingerprint density at radius 3 is 2.30 bits per heavy atom. The van der Waals surface area contributed by atoms with Crippen molar-refractivity contribution in [1.29, 1.82) is 0 Å². The van der Waals surface area contributed by atoms with Gasteiger partial charge in [0, 0.05) is 36.5 Å². The highest BCUT2D eigenvalue weighted by Gasteiger charge is 2.41. The lowest BCUT2D eigenvalue weighted by Crippen LogP contribution is -2.44. The van der Waals surface area contributed by atoms with Gasteiger partial charge in [0.25, 0.3) is 0 Å². The normalized spacial score (nSPS) is 21.3. The molecule has 2 aliphatic rings. The highest BCUT2D eigenvalue weighted by atomic mass is 35.5. The smallest absolute Gasteiger partial charge is 0.211 e. The van der Waals surface area contributed by atoms with E-state index in [9.17, 15) is 8.42 Å². The Morgan fingerprint density at radius 1 is 1.17 bits per heavy atom. The summed E-state index contributed by atoms with van der Waals surface area (Å²) in [5.74, 6) is 0. The minimum atomic E-state index is -3.15. The number of rotatable bonds is 2. The van der Waals surface area contributed by atoms with Crippen molar-refractivity contribution in [3.63, 3.8) is 0 Å². The fourth-order valence-electron chi connectivity index (χ4n) is 2.86. The number of hydrogen-bond donors (Lipinski definition) is 0. The van der Waals surface area contributed by atoms with Crippen molar-refractivity contribution in [3.8, 4) is 0 Å². The average molecular weight is 372 g/mol. The summed E-state index contributed by atoms with van der Waals surface area (Å²) in [5, 5.41) is 1.59. The van der Waals surface area contributed by atoms with Crippen LogP contribution in [-0.2, 0) is 10.0 Å². The fourth-order valence-corrected chi connectivity index (χ4v) is 4.45. The summed E-state index contributed by atoms with van der Waals surface area (Å²) in [4.78, 5) is 9.69. The van der Waals surface area contributed by atoms with Gasteiger partial charge in [-0.1, -0.05) is 23.7 Å². The van der Waals surface area contributed by atoms with Crippen LogP contribution in [0, 0.1) is 0 Å². The molecule has 2 heterocycles. The van der Waals surface area contributed by atoms with Gasteiger partial charge in [-0.15, -0.1) is 11.8 Å². The summed E-state index contributed by atoms with van der Waals surface area (Å²) in [6.45, 7) is 0.919. The summed E-state index contributed by atoms with van der Waals surface area (Å²) in [6.07, 6.45) is 4.45. The van der Waals surface area contributed by atoms with Crippen LogP contribution in [0.4, 0.5) is 0 Å². The van der Waals surface area contributed by atoms with Crippen LogP contribution in [0.3, 0.4) is 0 Å². The van der Waals surface area contributed by atoms with Gasteiger partial charge < -0.3 is 0 Å². The molecule has 1 aromatic carbocycles. The van der Waals surface area contributed by atoms with Crippen molar-refractivity contribution < 1.29 is 8.42 Å². The molecule has 1 spiro atoms. The molecular formula is C15H18ClN3O2S2. The molecule has 1 fully saturated rings. The van der Waals surface area contributed by atoms with E-state index in [0.717, 1.165) is 16.3 Å². The van der Waals surface area contributed by atoms with Gasteiger partial charge >= 0.3 is 0 Å². The summed E-state index contributed by atoms with van der Waals surface area (Å²) < 4.78 is 24.8. The predicted molar refractivity (Wildman–Crippen MR) is 97.3 cm³/mol. The Hall–Kier alpha value is -0.890. The van der Waals surface area contributed by atoms with Gasteiger partial charge in [-0.3, -0.25) is 4.99 Å². The van der Waals surface area contributed by atoms with Crippen molar-refractivity contribution in [3.05, 3.63) is 34.9 Å². The van der Waals surface area contributed by atoms with Crippen LogP contribution in [0.2, 0.25) is 5.02 Å². The zero-order chi connectivity index (χ0) is 16.7. The summed E-state index contributed by atoms with van der Waals surface area (Å²) in [5.41, 5.74) is 1.35. The Morgan fingerprint density at radius 2 is 1.78 bits per heavy atom. The number of piperidine rings is 1. The van der Waals surface area contributed by atoms with Crippen LogP contribution in [0.25, 0.3) is 0 Å². The topological polar surface area (TPSA) is 62.1 Å². The van der Waals surface area contributed by atoms with E-state index in [2.05, 4.69) is 0 Å². The van der Waals surface area contributed by atoms with Crippen molar-refractivity contribution >= 4 is 44.1 Å². The average Bonchev–Trinajstić information content (AvgIpc) is 2.86. The van der Waals surface area contributed by atoms with Crippen molar-refractivity contribution in [1.82, 2.24) is 4.31 Å². The SMILES string of the molecule is CSC1=NC2(CCN(S(C)(=O)=O)CC2)N=C1c1ccc(Cl)cc1. The quantitative estimate of drug-likeness (QED) is 0.802. The molecule has 0 amide bonds. The summed E-state index contributed by atoms with van der Waals surface area (Å²) in [7, 11) is -3.15. The largest absolute Gasteiger partial charge is 0.252 e. The number of thioether (sulfide) groups is 1. The van der Waals surface area contributed by atoms with Gasteiger partial charge in [0.2, 0.25) is 10.0 Å². The number of benzene rings is 1. The Labute approximate surface area is 145 Å². The van der Waals surface area contributed by atoms with E-state index in [-0.39, 0.29) is 0 Å². The first-order valence-corrected chi connectivity index (χ1v) is 10.7. The molecule has 0 bridgehead atoms. The number of hydrogen-bond acceptors (Lipinski definition) is 5. The molecule has 0 unspecified atom stereocenters. The molecule has 0 radical (unpaired) electrons. The lowest BCUT2D eigenvalue weighted by Gasteiger charge is -2.33. The van der Waals surface area contributed by atoms with Gasteiger partial charge in [-0.05, 0) is 18.4 Å². The first kappa shape index (κ1) is 17.0. The second-order valence-electron chi connectivity index (χ2n) is 5.73. The van der Waals surface area contributed by atoms with Crippen LogP contribution in [0.1, 0.15) is 18.4 Å². The number of halogens is 1. The molecule has 1 saturated heterocycles. The van der Waals surface area contributed by atoms with Crippen LogP contribution in [0.5, 0.6) is 0 Å². The number of nitrogens with zero attached hydrogens (tertiary/aromatic N) is 3. The second-order valence-corrected chi connectivity index (χ2v) is 8.95. The maximum atomic E-state index is 11.7. The maximum Gasteiger partial charge on any atom is 0.211 e. The molecule has 0 aromatic heterocycles. The standard InChI is InChI=1S/C15H18ClN3O2S2/c1-22-14-13(11-3-5-12(16)6-4-11)17-15(18-14)7-9-19(10-8-15)23(2,20)21/h3-6H,7-10H2,1-2H3. The van der Waals surface area contributed by atoms with E-state index in [4.69, 9.17) is 21.6 Å². The van der Waals surface area contributed by atoms with E-state index in [1.54, 1.807) is 11.8 Å². The zero-order valence-electron chi connectivity index (χ0n) is 13.0. The van der Waals surface area contributed by atoms with E-state index in [0.29, 0.717) is 31.0 Å². The molecule has 0 saturated carbocycles. The van der Waals surface area contributed by atoms with Crippen molar-refractivity contribution in [2.75, 3.05) is 25.6 Å². The maximum absolute atomic E-state index is 11.7. The first-order chi connectivity index (χ1) is 10.8. The molecule has 3 rings (SSSR count). The van der Waals surface area contributed by atoms with Crippen LogP contribution < -0.4 is 0 Å². The highest BCUT2D eigenvalue weighted by molar-refractivity contribution is 8.15. The van der Waals surface area contributed by atoms with Gasteiger partial charge in [0.05, 0.1) is 12.0 Å². The zero-order valence-corrected chi connectivity index (χ0v) is 15.4. The molecular weight excluding hydrogens is 354 g/mol. The lowest BCUT2D eigenvalue weighted by molar-refractivity contribution is 0.250. The van der Waals surface area contributed by atoms with E-state index in [1.165, 1.54) is 10.6 Å². The molecule has 23 heavy (non-hydrogen) atoms. The Kier molecular flexibility index (Phi) is 4.57. The molecule has 8 heteroatoms. The van der Waals surface area contributed by atoms with E-state index >= 15 is 0 Å². The highest BCUT2D eigenvalue weighted by Crippen LogP contribution is 2.35. The Balaban J connectivity index is 1.88. The number of sulfonamides is 1.